The highest BCUT2D eigenvalue weighted by Gasteiger charge is 2.13. The summed E-state index contributed by atoms with van der Waals surface area (Å²) in [6, 6.07) is 0. The first-order chi connectivity index (χ1) is 10.7. The minimum atomic E-state index is 0.442. The van der Waals surface area contributed by atoms with Crippen molar-refractivity contribution in [2.75, 3.05) is 79.9 Å². The van der Waals surface area contributed by atoms with Crippen molar-refractivity contribution in [2.24, 2.45) is 0 Å². The number of hydrogen-bond acceptors (Lipinski definition) is 8. The van der Waals surface area contributed by atoms with Crippen molar-refractivity contribution in [3.05, 3.63) is 0 Å². The van der Waals surface area contributed by atoms with E-state index < -0.39 is 0 Å². The predicted octanol–water partition coefficient (Wildman–Crippen LogP) is -1.27. The van der Waals surface area contributed by atoms with Crippen molar-refractivity contribution in [1.82, 2.24) is 19.6 Å². The molecule has 0 aliphatic carbocycles. The van der Waals surface area contributed by atoms with Crippen LogP contribution in [0, 0.1) is 0 Å². The lowest BCUT2D eigenvalue weighted by Crippen LogP contribution is -2.45. The smallest absolute Gasteiger partial charge is 0.294 e. The Balaban J connectivity index is 0.000000220. The highest BCUT2D eigenvalue weighted by Crippen LogP contribution is 1.98. The van der Waals surface area contributed by atoms with E-state index in [2.05, 4.69) is 43.2 Å². The third kappa shape index (κ3) is 8.28. The Morgan fingerprint density at radius 1 is 0.682 bits per heavy atom. The fourth-order valence-corrected chi connectivity index (χ4v) is 2.23. The van der Waals surface area contributed by atoms with Crippen LogP contribution in [0.4, 0.5) is 0 Å². The fraction of sp³-hybridized carbons (Fsp3) is 0.857. The average Bonchev–Trinajstić information content (AvgIpc) is 2.54. The molecular weight excluding hydrogens is 288 g/mol. The average molecular weight is 316 g/mol. The normalized spacial score (nSPS) is 21.5. The van der Waals surface area contributed by atoms with Gasteiger partial charge in [0.2, 0.25) is 0 Å². The summed E-state index contributed by atoms with van der Waals surface area (Å²) in [4.78, 5) is 28.5. The van der Waals surface area contributed by atoms with E-state index in [0.717, 1.165) is 52.4 Å². The van der Waals surface area contributed by atoms with E-state index in [-0.39, 0.29) is 0 Å². The fourth-order valence-electron chi connectivity index (χ4n) is 2.23. The lowest BCUT2D eigenvalue weighted by molar-refractivity contribution is -0.134. The number of nitrogens with zero attached hydrogens (tertiary/aromatic N) is 4. The van der Waals surface area contributed by atoms with Crippen LogP contribution in [0.2, 0.25) is 0 Å². The topological polar surface area (TPSA) is 65.6 Å². The van der Waals surface area contributed by atoms with Gasteiger partial charge in [-0.15, -0.1) is 0 Å². The summed E-state index contributed by atoms with van der Waals surface area (Å²) in [7, 11) is 4.19. The molecule has 0 aromatic heterocycles. The highest BCUT2D eigenvalue weighted by atomic mass is 16.5. The zero-order chi connectivity index (χ0) is 16.2. The van der Waals surface area contributed by atoms with Gasteiger partial charge in [0, 0.05) is 52.4 Å². The monoisotopic (exact) mass is 316 g/mol. The van der Waals surface area contributed by atoms with Crippen molar-refractivity contribution >= 4 is 12.9 Å². The van der Waals surface area contributed by atoms with Crippen molar-refractivity contribution in [1.29, 1.82) is 0 Å². The molecule has 22 heavy (non-hydrogen) atoms. The van der Waals surface area contributed by atoms with E-state index >= 15 is 0 Å². The van der Waals surface area contributed by atoms with Gasteiger partial charge in [0.15, 0.2) is 0 Å². The third-order valence-electron chi connectivity index (χ3n) is 3.84. The van der Waals surface area contributed by atoms with Gasteiger partial charge in [-0.3, -0.25) is 19.4 Å². The van der Waals surface area contributed by atoms with Gasteiger partial charge in [0.25, 0.3) is 12.9 Å². The van der Waals surface area contributed by atoms with Crippen LogP contribution in [0.15, 0.2) is 0 Å². The quantitative estimate of drug-likeness (QED) is 0.562. The summed E-state index contributed by atoms with van der Waals surface area (Å²) in [5.74, 6) is 0. The van der Waals surface area contributed by atoms with Gasteiger partial charge in [-0.1, -0.05) is 0 Å². The molecule has 2 saturated heterocycles. The number of hydrogen-bond donors (Lipinski definition) is 0. The van der Waals surface area contributed by atoms with E-state index in [1.54, 1.807) is 0 Å². The first-order valence-corrected chi connectivity index (χ1v) is 7.58. The Hall–Kier alpha value is -1.22. The maximum absolute atomic E-state index is 9.85. The van der Waals surface area contributed by atoms with Crippen LogP contribution in [-0.4, -0.2) is 112 Å². The molecule has 0 saturated carbocycles. The van der Waals surface area contributed by atoms with Gasteiger partial charge in [0.1, 0.15) is 13.5 Å². The van der Waals surface area contributed by atoms with Gasteiger partial charge >= 0.3 is 0 Å². The minimum absolute atomic E-state index is 0.442. The molecule has 2 aliphatic heterocycles. The van der Waals surface area contributed by atoms with Crippen LogP contribution in [0.25, 0.3) is 0 Å². The van der Waals surface area contributed by atoms with E-state index in [9.17, 15) is 9.59 Å². The van der Waals surface area contributed by atoms with E-state index in [4.69, 9.17) is 0 Å². The number of piperazine rings is 2. The molecule has 2 heterocycles. The van der Waals surface area contributed by atoms with Crippen LogP contribution in [-0.2, 0) is 19.1 Å². The number of rotatable bonds is 6. The molecule has 0 bridgehead atoms. The molecular formula is C14H28N4O4. The SMILES string of the molecule is CN1CCN(COC=O)CC1.CN1CCN(COC=O)CC1. The summed E-state index contributed by atoms with van der Waals surface area (Å²) < 4.78 is 9.27. The molecule has 0 radical (unpaired) electrons. The number of ether oxygens (including phenoxy) is 2. The van der Waals surface area contributed by atoms with Crippen molar-refractivity contribution in [3.8, 4) is 0 Å². The lowest BCUT2D eigenvalue weighted by atomic mass is 10.3. The Morgan fingerprint density at radius 3 is 1.27 bits per heavy atom. The zero-order valence-corrected chi connectivity index (χ0v) is 13.6. The van der Waals surface area contributed by atoms with E-state index in [0.29, 0.717) is 26.4 Å². The first kappa shape index (κ1) is 18.8. The van der Waals surface area contributed by atoms with E-state index in [1.807, 2.05) is 0 Å². The Kier molecular flexibility index (Phi) is 9.72. The molecule has 0 atom stereocenters. The molecule has 0 aromatic rings. The maximum atomic E-state index is 9.85. The molecule has 0 spiro atoms. The summed E-state index contributed by atoms with van der Waals surface area (Å²) in [6.45, 7) is 10.1. The first-order valence-electron chi connectivity index (χ1n) is 7.58. The second kappa shape index (κ2) is 11.4. The van der Waals surface area contributed by atoms with Gasteiger partial charge in [-0.2, -0.15) is 0 Å². The van der Waals surface area contributed by atoms with Gasteiger partial charge in [0.05, 0.1) is 0 Å². The minimum Gasteiger partial charge on any atom is -0.452 e. The molecule has 0 unspecified atom stereocenters. The largest absolute Gasteiger partial charge is 0.452 e. The molecule has 0 amide bonds. The zero-order valence-electron chi connectivity index (χ0n) is 13.6. The van der Waals surface area contributed by atoms with Crippen LogP contribution in [0.1, 0.15) is 0 Å². The number of carbonyl (C=O) groups excluding carboxylic acids is 2. The molecule has 2 fully saturated rings. The maximum Gasteiger partial charge on any atom is 0.294 e. The van der Waals surface area contributed by atoms with Crippen molar-refractivity contribution in [3.63, 3.8) is 0 Å². The molecule has 8 nitrogen and oxygen atoms in total. The van der Waals surface area contributed by atoms with E-state index in [1.165, 1.54) is 0 Å². The van der Waals surface area contributed by atoms with Crippen LogP contribution in [0.3, 0.4) is 0 Å². The molecule has 2 rings (SSSR count). The van der Waals surface area contributed by atoms with Gasteiger partial charge in [-0.05, 0) is 14.1 Å². The molecule has 8 heteroatoms. The predicted molar refractivity (Wildman–Crippen MR) is 82.2 cm³/mol. The molecule has 2 aliphatic rings. The molecule has 0 N–H and O–H groups in total. The highest BCUT2D eigenvalue weighted by molar-refractivity contribution is 5.36. The van der Waals surface area contributed by atoms with Crippen LogP contribution in [0.5, 0.6) is 0 Å². The van der Waals surface area contributed by atoms with Crippen molar-refractivity contribution < 1.29 is 19.1 Å². The number of likely N-dealkylation sites (N-methyl/N-ethyl adjacent to an activating group) is 2. The molecule has 128 valence electrons. The second-order valence-corrected chi connectivity index (χ2v) is 5.63. The third-order valence-corrected chi connectivity index (χ3v) is 3.84. The summed E-state index contributed by atoms with van der Waals surface area (Å²) >= 11 is 0. The summed E-state index contributed by atoms with van der Waals surface area (Å²) in [6.07, 6.45) is 0. The Bertz CT molecular complexity index is 273. The van der Waals surface area contributed by atoms with Crippen LogP contribution >= 0.6 is 0 Å². The van der Waals surface area contributed by atoms with Gasteiger partial charge < -0.3 is 19.3 Å². The van der Waals surface area contributed by atoms with Crippen molar-refractivity contribution in [2.45, 2.75) is 0 Å². The lowest BCUT2D eigenvalue weighted by Gasteiger charge is -2.31. The Morgan fingerprint density at radius 2 is 1.00 bits per heavy atom. The second-order valence-electron chi connectivity index (χ2n) is 5.63. The van der Waals surface area contributed by atoms with Gasteiger partial charge in [-0.25, -0.2) is 0 Å². The van der Waals surface area contributed by atoms with Crippen LogP contribution < -0.4 is 0 Å². The summed E-state index contributed by atoms with van der Waals surface area (Å²) in [5.41, 5.74) is 0. The standard InChI is InChI=1S/2C7H14N2O2/c2*1-8-2-4-9(5-3-8)6-11-7-10/h2*7H,2-6H2,1H3. The molecule has 0 aromatic carbocycles. The number of carbonyl (C=O) groups is 2. The summed E-state index contributed by atoms with van der Waals surface area (Å²) in [5, 5.41) is 0. The Labute approximate surface area is 132 Å².